The average Bonchev–Trinajstić information content (AvgIpc) is 2.66. The van der Waals surface area contributed by atoms with E-state index >= 15 is 0 Å². The van der Waals surface area contributed by atoms with Crippen LogP contribution in [0.1, 0.15) is 40.5 Å². The van der Waals surface area contributed by atoms with Gasteiger partial charge in [0.05, 0.1) is 13.2 Å². The van der Waals surface area contributed by atoms with E-state index in [1.165, 1.54) is 0 Å². The number of amides is 2. The fourth-order valence-electron chi connectivity index (χ4n) is 3.14. The Bertz CT molecular complexity index is 539. The highest BCUT2D eigenvalue weighted by atomic mass is 16.6. The van der Waals surface area contributed by atoms with Gasteiger partial charge in [-0.25, -0.2) is 4.79 Å². The third-order valence-electron chi connectivity index (χ3n) is 4.67. The second kappa shape index (κ2) is 12.5. The molecule has 0 aromatic rings. The summed E-state index contributed by atoms with van der Waals surface area (Å²) in [7, 11) is 3.32. The predicted molar refractivity (Wildman–Crippen MR) is 114 cm³/mol. The quantitative estimate of drug-likeness (QED) is 0.354. The van der Waals surface area contributed by atoms with Crippen molar-refractivity contribution in [3.05, 3.63) is 0 Å². The van der Waals surface area contributed by atoms with Crippen LogP contribution in [0.3, 0.4) is 0 Å². The Hall–Kier alpha value is -2.03. The van der Waals surface area contributed by atoms with E-state index in [1.54, 1.807) is 19.1 Å². The third-order valence-corrected chi connectivity index (χ3v) is 4.67. The van der Waals surface area contributed by atoms with Gasteiger partial charge in [-0.2, -0.15) is 0 Å². The molecule has 1 saturated heterocycles. The molecule has 0 saturated carbocycles. The lowest BCUT2D eigenvalue weighted by Crippen LogP contribution is -2.49. The number of hydrogen-bond acceptors (Lipinski definition) is 5. The molecular formula is C20H39N5O4. The van der Waals surface area contributed by atoms with Crippen LogP contribution >= 0.6 is 0 Å². The van der Waals surface area contributed by atoms with Crippen molar-refractivity contribution in [2.75, 3.05) is 60.0 Å². The van der Waals surface area contributed by atoms with E-state index < -0.39 is 5.60 Å². The highest BCUT2D eigenvalue weighted by Crippen LogP contribution is 2.20. The summed E-state index contributed by atoms with van der Waals surface area (Å²) in [6.45, 7) is 11.8. The van der Waals surface area contributed by atoms with E-state index in [0.29, 0.717) is 32.2 Å². The Labute approximate surface area is 175 Å². The summed E-state index contributed by atoms with van der Waals surface area (Å²) in [5.74, 6) is 1.06. The number of hydrogen-bond donors (Lipinski definition) is 2. The summed E-state index contributed by atoms with van der Waals surface area (Å²) in [6, 6.07) is 0. The molecule has 1 aliphatic heterocycles. The Balaban J connectivity index is 2.43. The number of likely N-dealkylation sites (tertiary alicyclic amines) is 1. The van der Waals surface area contributed by atoms with Crippen molar-refractivity contribution < 1.29 is 19.1 Å². The smallest absolute Gasteiger partial charge is 0.410 e. The Morgan fingerprint density at radius 1 is 1.21 bits per heavy atom. The van der Waals surface area contributed by atoms with Crippen LogP contribution in [0.15, 0.2) is 4.99 Å². The monoisotopic (exact) mass is 413 g/mol. The molecule has 1 heterocycles. The van der Waals surface area contributed by atoms with Crippen LogP contribution in [0.4, 0.5) is 4.79 Å². The first-order valence-electron chi connectivity index (χ1n) is 10.4. The minimum atomic E-state index is -0.484. The Morgan fingerprint density at radius 2 is 1.86 bits per heavy atom. The number of carbonyl (C=O) groups is 2. The van der Waals surface area contributed by atoms with Gasteiger partial charge in [-0.3, -0.25) is 9.79 Å². The fourth-order valence-corrected chi connectivity index (χ4v) is 3.14. The standard InChI is InChI=1S/C20H39N5O4/c1-7-24(19(27)29-20(2,3)4)15-16-8-11-25(12-9-16)18(21-5)23-14-17(26)22-10-13-28-6/h16H,7-15H2,1-6H3,(H,21,23)(H,22,26). The number of carbonyl (C=O) groups excluding carboxylic acids is 2. The first-order valence-corrected chi connectivity index (χ1v) is 10.4. The molecule has 2 amide bonds. The van der Waals surface area contributed by atoms with Crippen LogP contribution in [-0.2, 0) is 14.3 Å². The summed E-state index contributed by atoms with van der Waals surface area (Å²) < 4.78 is 10.4. The van der Waals surface area contributed by atoms with Crippen LogP contribution in [0.25, 0.3) is 0 Å². The lowest BCUT2D eigenvalue weighted by molar-refractivity contribution is -0.120. The van der Waals surface area contributed by atoms with Gasteiger partial charge in [0.15, 0.2) is 5.96 Å². The molecule has 0 bridgehead atoms. The Morgan fingerprint density at radius 3 is 2.38 bits per heavy atom. The number of methoxy groups -OCH3 is 1. The van der Waals surface area contributed by atoms with Gasteiger partial charge in [-0.15, -0.1) is 0 Å². The summed E-state index contributed by atoms with van der Waals surface area (Å²) in [5, 5.41) is 5.89. The summed E-state index contributed by atoms with van der Waals surface area (Å²) in [4.78, 5) is 32.4. The van der Waals surface area contributed by atoms with E-state index in [9.17, 15) is 9.59 Å². The second-order valence-corrected chi connectivity index (χ2v) is 8.19. The topological polar surface area (TPSA) is 95.5 Å². The lowest BCUT2D eigenvalue weighted by atomic mass is 9.96. The predicted octanol–water partition coefficient (Wildman–Crippen LogP) is 1.29. The fraction of sp³-hybridized carbons (Fsp3) is 0.850. The largest absolute Gasteiger partial charge is 0.444 e. The minimum Gasteiger partial charge on any atom is -0.444 e. The lowest BCUT2D eigenvalue weighted by Gasteiger charge is -2.36. The molecule has 0 aliphatic carbocycles. The summed E-state index contributed by atoms with van der Waals surface area (Å²) in [6.07, 6.45) is 1.67. The van der Waals surface area contributed by atoms with E-state index in [2.05, 4.69) is 20.5 Å². The van der Waals surface area contributed by atoms with Gasteiger partial charge in [0.2, 0.25) is 5.91 Å². The van der Waals surface area contributed by atoms with Crippen LogP contribution in [0, 0.1) is 5.92 Å². The highest BCUT2D eigenvalue weighted by Gasteiger charge is 2.27. The van der Waals surface area contributed by atoms with Crippen LogP contribution in [0.2, 0.25) is 0 Å². The second-order valence-electron chi connectivity index (χ2n) is 8.19. The van der Waals surface area contributed by atoms with Crippen molar-refractivity contribution in [3.63, 3.8) is 0 Å². The number of nitrogens with one attached hydrogen (secondary N) is 2. The molecule has 2 N–H and O–H groups in total. The van der Waals surface area contributed by atoms with Crippen molar-refractivity contribution in [3.8, 4) is 0 Å². The number of aliphatic imine (C=N–C) groups is 1. The van der Waals surface area contributed by atoms with Crippen molar-refractivity contribution >= 4 is 18.0 Å². The number of guanidine groups is 1. The average molecular weight is 414 g/mol. The molecule has 0 aromatic heterocycles. The molecule has 0 atom stereocenters. The third kappa shape index (κ3) is 9.83. The molecule has 1 aliphatic rings. The highest BCUT2D eigenvalue weighted by molar-refractivity contribution is 5.86. The zero-order chi connectivity index (χ0) is 21.9. The summed E-state index contributed by atoms with van der Waals surface area (Å²) in [5.41, 5.74) is -0.484. The molecule has 9 heteroatoms. The Kier molecular flexibility index (Phi) is 10.8. The van der Waals surface area contributed by atoms with Gasteiger partial charge in [0.1, 0.15) is 5.60 Å². The first-order chi connectivity index (χ1) is 13.7. The molecule has 1 fully saturated rings. The molecule has 29 heavy (non-hydrogen) atoms. The maximum Gasteiger partial charge on any atom is 0.410 e. The summed E-state index contributed by atoms with van der Waals surface area (Å²) >= 11 is 0. The van der Waals surface area contributed by atoms with E-state index in [0.717, 1.165) is 31.9 Å². The molecular weight excluding hydrogens is 374 g/mol. The normalized spacial score (nSPS) is 15.8. The number of nitrogens with zero attached hydrogens (tertiary/aromatic N) is 3. The molecule has 1 rings (SSSR count). The SMILES string of the molecule is CCN(CC1CCN(C(=NC)NCC(=O)NCCOC)CC1)C(=O)OC(C)(C)C. The van der Waals surface area contributed by atoms with E-state index in [1.807, 2.05) is 27.7 Å². The van der Waals surface area contributed by atoms with Gasteiger partial charge in [0, 0.05) is 46.9 Å². The molecule has 0 unspecified atom stereocenters. The van der Waals surface area contributed by atoms with Crippen molar-refractivity contribution in [1.29, 1.82) is 0 Å². The van der Waals surface area contributed by atoms with Crippen LogP contribution in [0.5, 0.6) is 0 Å². The first kappa shape index (κ1) is 25.0. The zero-order valence-electron chi connectivity index (χ0n) is 18.9. The molecule has 0 radical (unpaired) electrons. The molecule has 0 aromatic carbocycles. The van der Waals surface area contributed by atoms with E-state index in [-0.39, 0.29) is 18.5 Å². The van der Waals surface area contributed by atoms with Crippen molar-refractivity contribution in [2.45, 2.75) is 46.1 Å². The van der Waals surface area contributed by atoms with Crippen LogP contribution < -0.4 is 10.6 Å². The van der Waals surface area contributed by atoms with E-state index in [4.69, 9.17) is 9.47 Å². The molecule has 9 nitrogen and oxygen atoms in total. The van der Waals surface area contributed by atoms with Gasteiger partial charge < -0.3 is 29.9 Å². The number of ether oxygens (including phenoxy) is 2. The van der Waals surface area contributed by atoms with Gasteiger partial charge in [-0.05, 0) is 46.5 Å². The molecule has 168 valence electrons. The maximum absolute atomic E-state index is 12.3. The maximum atomic E-state index is 12.3. The minimum absolute atomic E-state index is 0.0889. The van der Waals surface area contributed by atoms with Crippen LogP contribution in [-0.4, -0.2) is 93.4 Å². The zero-order valence-corrected chi connectivity index (χ0v) is 18.9. The van der Waals surface area contributed by atoms with Crippen molar-refractivity contribution in [2.24, 2.45) is 10.9 Å². The number of piperidine rings is 1. The van der Waals surface area contributed by atoms with Gasteiger partial charge in [0.25, 0.3) is 0 Å². The number of rotatable bonds is 8. The van der Waals surface area contributed by atoms with Gasteiger partial charge in [-0.1, -0.05) is 0 Å². The van der Waals surface area contributed by atoms with Gasteiger partial charge >= 0.3 is 6.09 Å². The molecule has 0 spiro atoms. The van der Waals surface area contributed by atoms with Crippen molar-refractivity contribution in [1.82, 2.24) is 20.4 Å².